The fourth-order valence-corrected chi connectivity index (χ4v) is 2.08. The topological polar surface area (TPSA) is 47.8 Å². The molecule has 0 spiro atoms. The molecule has 0 amide bonds. The second kappa shape index (κ2) is 5.39. The maximum absolute atomic E-state index is 12.8. The number of nitrogens with zero attached hydrogens (tertiary/aromatic N) is 3. The number of carbonyl (C=O) groups excluding carboxylic acids is 1. The molecule has 0 atom stereocenters. The van der Waals surface area contributed by atoms with Crippen LogP contribution in [0.5, 0.6) is 0 Å². The lowest BCUT2D eigenvalue weighted by Gasteiger charge is -2.05. The van der Waals surface area contributed by atoms with E-state index in [1.165, 1.54) is 12.1 Å². The Kier molecular flexibility index (Phi) is 3.86. The minimum absolute atomic E-state index is 0.204. The van der Waals surface area contributed by atoms with Crippen molar-refractivity contribution in [3.05, 3.63) is 46.2 Å². The van der Waals surface area contributed by atoms with Crippen LogP contribution < -0.4 is 0 Å². The van der Waals surface area contributed by atoms with Crippen LogP contribution in [0.25, 0.3) is 0 Å². The lowest BCUT2D eigenvalue weighted by atomic mass is 10.2. The fourth-order valence-electron chi connectivity index (χ4n) is 1.60. The Morgan fingerprint density at radius 2 is 2.22 bits per heavy atom. The SMILES string of the molecule is CCCn1ncc(Br)c1C(=O)c1ccc(F)cn1. The first-order valence-electron chi connectivity index (χ1n) is 5.51. The quantitative estimate of drug-likeness (QED) is 0.816. The number of pyridine rings is 1. The van der Waals surface area contributed by atoms with Crippen LogP contribution in [-0.4, -0.2) is 20.5 Å². The molecule has 0 saturated heterocycles. The maximum atomic E-state index is 12.8. The molecule has 2 heterocycles. The standard InChI is InChI=1S/C12H11BrFN3O/c1-2-5-17-11(9(13)7-16-17)12(18)10-4-3-8(14)6-15-10/h3-4,6-7H,2,5H2,1H3. The van der Waals surface area contributed by atoms with Crippen molar-refractivity contribution in [2.75, 3.05) is 0 Å². The lowest BCUT2D eigenvalue weighted by molar-refractivity contribution is 0.102. The van der Waals surface area contributed by atoms with Crippen LogP contribution in [0, 0.1) is 5.82 Å². The minimum Gasteiger partial charge on any atom is -0.285 e. The second-order valence-corrected chi connectivity index (χ2v) is 4.61. The van der Waals surface area contributed by atoms with Crippen molar-refractivity contribution >= 4 is 21.7 Å². The fraction of sp³-hybridized carbons (Fsp3) is 0.250. The van der Waals surface area contributed by atoms with Crippen molar-refractivity contribution in [3.63, 3.8) is 0 Å². The summed E-state index contributed by atoms with van der Waals surface area (Å²) in [5.74, 6) is -0.736. The van der Waals surface area contributed by atoms with E-state index in [-0.39, 0.29) is 11.5 Å². The summed E-state index contributed by atoms with van der Waals surface area (Å²) in [6.07, 6.45) is 3.47. The van der Waals surface area contributed by atoms with Gasteiger partial charge in [-0.1, -0.05) is 6.92 Å². The summed E-state index contributed by atoms with van der Waals surface area (Å²) in [5.41, 5.74) is 0.644. The van der Waals surface area contributed by atoms with E-state index in [2.05, 4.69) is 26.0 Å². The van der Waals surface area contributed by atoms with Gasteiger partial charge in [0.1, 0.15) is 17.2 Å². The summed E-state index contributed by atoms with van der Waals surface area (Å²) in [6, 6.07) is 2.59. The summed E-state index contributed by atoms with van der Waals surface area (Å²) in [7, 11) is 0. The third kappa shape index (κ3) is 2.48. The first-order chi connectivity index (χ1) is 8.63. The van der Waals surface area contributed by atoms with Gasteiger partial charge in [0, 0.05) is 6.54 Å². The lowest BCUT2D eigenvalue weighted by Crippen LogP contribution is -2.13. The Morgan fingerprint density at radius 1 is 1.44 bits per heavy atom. The van der Waals surface area contributed by atoms with Crippen LogP contribution >= 0.6 is 15.9 Å². The summed E-state index contributed by atoms with van der Waals surface area (Å²) >= 11 is 3.29. The monoisotopic (exact) mass is 311 g/mol. The first kappa shape index (κ1) is 12.9. The molecule has 2 aromatic rings. The molecule has 0 saturated carbocycles. The smallest absolute Gasteiger partial charge is 0.230 e. The Bertz CT molecular complexity index is 565. The van der Waals surface area contributed by atoms with E-state index in [1.54, 1.807) is 10.9 Å². The molecule has 2 rings (SSSR count). The van der Waals surface area contributed by atoms with Crippen LogP contribution in [0.1, 0.15) is 29.5 Å². The largest absolute Gasteiger partial charge is 0.285 e. The van der Waals surface area contributed by atoms with E-state index in [0.717, 1.165) is 12.6 Å². The molecular formula is C12H11BrFN3O. The molecule has 0 fully saturated rings. The van der Waals surface area contributed by atoms with Crippen LogP contribution in [-0.2, 0) is 6.54 Å². The van der Waals surface area contributed by atoms with E-state index in [4.69, 9.17) is 0 Å². The third-order valence-corrected chi connectivity index (χ3v) is 2.99. The average Bonchev–Trinajstić information content (AvgIpc) is 2.71. The van der Waals surface area contributed by atoms with Gasteiger partial charge < -0.3 is 0 Å². The van der Waals surface area contributed by atoms with E-state index >= 15 is 0 Å². The highest BCUT2D eigenvalue weighted by molar-refractivity contribution is 9.10. The normalized spacial score (nSPS) is 10.6. The average molecular weight is 312 g/mol. The van der Waals surface area contributed by atoms with Crippen molar-refractivity contribution in [1.82, 2.24) is 14.8 Å². The molecule has 0 N–H and O–H groups in total. The number of aromatic nitrogens is 3. The van der Waals surface area contributed by atoms with Crippen LogP contribution in [0.3, 0.4) is 0 Å². The first-order valence-corrected chi connectivity index (χ1v) is 6.30. The summed E-state index contributed by atoms with van der Waals surface area (Å²) in [4.78, 5) is 16.0. The molecule has 0 aliphatic rings. The van der Waals surface area contributed by atoms with Gasteiger partial charge in [0.15, 0.2) is 0 Å². The van der Waals surface area contributed by atoms with Gasteiger partial charge in [-0.2, -0.15) is 5.10 Å². The predicted octanol–water partition coefficient (Wildman–Crippen LogP) is 2.82. The number of ketones is 1. The maximum Gasteiger partial charge on any atom is 0.230 e. The van der Waals surface area contributed by atoms with E-state index in [1.807, 2.05) is 6.92 Å². The number of hydrogen-bond acceptors (Lipinski definition) is 3. The van der Waals surface area contributed by atoms with Crippen molar-refractivity contribution in [2.45, 2.75) is 19.9 Å². The molecule has 6 heteroatoms. The third-order valence-electron chi connectivity index (χ3n) is 2.41. The van der Waals surface area contributed by atoms with Gasteiger partial charge in [0.2, 0.25) is 5.78 Å². The molecule has 0 aromatic carbocycles. The number of hydrogen-bond donors (Lipinski definition) is 0. The zero-order valence-electron chi connectivity index (χ0n) is 9.73. The molecule has 0 aliphatic heterocycles. The Balaban J connectivity index is 2.39. The zero-order chi connectivity index (χ0) is 13.1. The Morgan fingerprint density at radius 3 is 2.83 bits per heavy atom. The van der Waals surface area contributed by atoms with Gasteiger partial charge in [0.25, 0.3) is 0 Å². The number of carbonyl (C=O) groups is 1. The molecular weight excluding hydrogens is 301 g/mol. The van der Waals surface area contributed by atoms with E-state index < -0.39 is 5.82 Å². The Labute approximate surface area is 112 Å². The second-order valence-electron chi connectivity index (χ2n) is 3.76. The number of halogens is 2. The van der Waals surface area contributed by atoms with E-state index in [9.17, 15) is 9.18 Å². The molecule has 2 aromatic heterocycles. The Hall–Kier alpha value is -1.56. The highest BCUT2D eigenvalue weighted by Gasteiger charge is 2.19. The summed E-state index contributed by atoms with van der Waals surface area (Å²) < 4.78 is 15.0. The van der Waals surface area contributed by atoms with Crippen LogP contribution in [0.2, 0.25) is 0 Å². The van der Waals surface area contributed by atoms with Gasteiger partial charge in [-0.05, 0) is 34.5 Å². The van der Waals surface area contributed by atoms with Crippen molar-refractivity contribution in [2.24, 2.45) is 0 Å². The number of rotatable bonds is 4. The summed E-state index contributed by atoms with van der Waals surface area (Å²) in [6.45, 7) is 2.65. The van der Waals surface area contributed by atoms with Crippen LogP contribution in [0.4, 0.5) is 4.39 Å². The van der Waals surface area contributed by atoms with Gasteiger partial charge in [0.05, 0.1) is 16.9 Å². The van der Waals surface area contributed by atoms with Gasteiger partial charge in [-0.25, -0.2) is 9.37 Å². The predicted molar refractivity (Wildman–Crippen MR) is 67.8 cm³/mol. The molecule has 0 bridgehead atoms. The van der Waals surface area contributed by atoms with Crippen molar-refractivity contribution in [1.29, 1.82) is 0 Å². The van der Waals surface area contributed by atoms with Crippen molar-refractivity contribution in [3.8, 4) is 0 Å². The number of aryl methyl sites for hydroxylation is 1. The molecule has 0 aliphatic carbocycles. The minimum atomic E-state index is -0.465. The van der Waals surface area contributed by atoms with Gasteiger partial charge >= 0.3 is 0 Å². The molecule has 94 valence electrons. The molecule has 18 heavy (non-hydrogen) atoms. The highest BCUT2D eigenvalue weighted by atomic mass is 79.9. The zero-order valence-corrected chi connectivity index (χ0v) is 11.3. The van der Waals surface area contributed by atoms with Gasteiger partial charge in [-0.3, -0.25) is 9.48 Å². The van der Waals surface area contributed by atoms with Crippen LogP contribution in [0.15, 0.2) is 29.0 Å². The van der Waals surface area contributed by atoms with E-state index in [0.29, 0.717) is 16.7 Å². The van der Waals surface area contributed by atoms with Crippen molar-refractivity contribution < 1.29 is 9.18 Å². The van der Waals surface area contributed by atoms with Gasteiger partial charge in [-0.15, -0.1) is 0 Å². The molecule has 0 unspecified atom stereocenters. The molecule has 0 radical (unpaired) electrons. The summed E-state index contributed by atoms with van der Waals surface area (Å²) in [5, 5.41) is 4.12. The highest BCUT2D eigenvalue weighted by Crippen LogP contribution is 2.19. The molecule has 4 nitrogen and oxygen atoms in total.